The minimum Gasteiger partial charge on any atom is -0.507 e. The molecule has 138 valence electrons. The number of ether oxygens (including phenoxy) is 1. The van der Waals surface area contributed by atoms with Gasteiger partial charge < -0.3 is 14.9 Å². The minimum absolute atomic E-state index is 0.0606. The summed E-state index contributed by atoms with van der Waals surface area (Å²) >= 11 is 3.23. The number of rotatable bonds is 4. The molecule has 0 radical (unpaired) electrons. The van der Waals surface area contributed by atoms with Crippen LogP contribution < -0.4 is 0 Å². The molecular formula is C20H16INO4S. The van der Waals surface area contributed by atoms with Crippen molar-refractivity contribution >= 4 is 57.1 Å². The molecule has 1 aliphatic rings. The normalized spacial score (nSPS) is 17.0. The number of thioether (sulfide) groups is 1. The van der Waals surface area contributed by atoms with Gasteiger partial charge in [-0.15, -0.1) is 0 Å². The molecule has 27 heavy (non-hydrogen) atoms. The second-order valence-corrected chi connectivity index (χ2v) is 7.71. The number of carbonyl (C=O) groups excluding carboxylic acids is 1. The van der Waals surface area contributed by atoms with Gasteiger partial charge in [-0.3, -0.25) is 0 Å². The topological polar surface area (TPSA) is 79.1 Å². The zero-order chi connectivity index (χ0) is 19.4. The van der Waals surface area contributed by atoms with Crippen molar-refractivity contribution in [2.24, 2.45) is 4.99 Å². The summed E-state index contributed by atoms with van der Waals surface area (Å²) in [7, 11) is 0. The first-order valence-electron chi connectivity index (χ1n) is 8.12. The molecule has 1 aliphatic heterocycles. The minimum atomic E-state index is -0.610. The number of hydrogen-bond acceptors (Lipinski definition) is 6. The number of aromatic hydroxyl groups is 1. The summed E-state index contributed by atoms with van der Waals surface area (Å²) in [5.41, 5.74) is 1.52. The highest BCUT2D eigenvalue weighted by molar-refractivity contribution is 14.1. The number of hydrogen-bond donors (Lipinski definition) is 2. The molecule has 0 spiro atoms. The monoisotopic (exact) mass is 493 g/mol. The van der Waals surface area contributed by atoms with Gasteiger partial charge in [0.1, 0.15) is 22.1 Å². The van der Waals surface area contributed by atoms with E-state index in [4.69, 9.17) is 4.74 Å². The molecule has 2 aromatic carbocycles. The van der Waals surface area contributed by atoms with Crippen molar-refractivity contribution < 1.29 is 19.7 Å². The molecule has 0 atom stereocenters. The fraction of sp³-hybridized carbons (Fsp3) is 0.100. The Morgan fingerprint density at radius 3 is 2.63 bits per heavy atom. The summed E-state index contributed by atoms with van der Waals surface area (Å²) in [6, 6.07) is 14.3. The Bertz CT molecular complexity index is 967. The summed E-state index contributed by atoms with van der Waals surface area (Å²) < 4.78 is 5.78. The van der Waals surface area contributed by atoms with Gasteiger partial charge >= 0.3 is 5.97 Å². The first-order valence-corrected chi connectivity index (χ1v) is 10.0. The van der Waals surface area contributed by atoms with Crippen LogP contribution in [0.25, 0.3) is 6.08 Å². The summed E-state index contributed by atoms with van der Waals surface area (Å²) in [6.07, 6.45) is 1.74. The van der Waals surface area contributed by atoms with Crippen LogP contribution in [-0.4, -0.2) is 27.8 Å². The van der Waals surface area contributed by atoms with Crippen molar-refractivity contribution in [3.63, 3.8) is 0 Å². The van der Waals surface area contributed by atoms with Crippen LogP contribution >= 0.6 is 34.4 Å². The first-order chi connectivity index (χ1) is 13.0. The number of carbonyl (C=O) groups is 1. The molecule has 0 aromatic heterocycles. The Balaban J connectivity index is 2.04. The van der Waals surface area contributed by atoms with Crippen LogP contribution in [0.5, 0.6) is 5.75 Å². The molecular weight excluding hydrogens is 477 g/mol. The van der Waals surface area contributed by atoms with Crippen molar-refractivity contribution in [1.29, 1.82) is 0 Å². The quantitative estimate of drug-likeness (QED) is 0.453. The maximum absolute atomic E-state index is 12.4. The van der Waals surface area contributed by atoms with E-state index in [-0.39, 0.29) is 23.7 Å². The van der Waals surface area contributed by atoms with Gasteiger partial charge in [-0.25, -0.2) is 9.79 Å². The number of aliphatic imine (C=N–C) groups is 1. The molecule has 2 N–H and O–H groups in total. The van der Waals surface area contributed by atoms with Gasteiger partial charge in [0.05, 0.1) is 20.8 Å². The summed E-state index contributed by atoms with van der Waals surface area (Å²) in [5, 5.41) is 20.7. The number of nitrogens with zero attached hydrogens (tertiary/aromatic N) is 1. The predicted molar refractivity (Wildman–Crippen MR) is 116 cm³/mol. The first kappa shape index (κ1) is 19.5. The van der Waals surface area contributed by atoms with Crippen molar-refractivity contribution in [1.82, 2.24) is 0 Å². The molecule has 1 heterocycles. The van der Waals surface area contributed by atoms with E-state index < -0.39 is 5.97 Å². The number of phenolic OH excluding ortho intramolecular Hbond substituents is 1. The molecule has 3 rings (SSSR count). The van der Waals surface area contributed by atoms with Crippen LogP contribution in [0.1, 0.15) is 12.5 Å². The molecule has 0 saturated carbocycles. The highest BCUT2D eigenvalue weighted by Gasteiger charge is 2.33. The SMILES string of the molecule is CCOC(=O)C1=C(O)/C(=C/c2ccc(O)c(I)c2)SC1=Nc1ccccc1. The van der Waals surface area contributed by atoms with Crippen LogP contribution in [0, 0.1) is 3.57 Å². The number of phenols is 1. The van der Waals surface area contributed by atoms with Gasteiger partial charge in [-0.05, 0) is 65.4 Å². The maximum atomic E-state index is 12.4. The second kappa shape index (κ2) is 8.62. The lowest BCUT2D eigenvalue weighted by atomic mass is 10.1. The van der Waals surface area contributed by atoms with E-state index >= 15 is 0 Å². The number of aliphatic hydroxyl groups is 1. The fourth-order valence-corrected chi connectivity index (χ4v) is 3.95. The molecule has 7 heteroatoms. The van der Waals surface area contributed by atoms with Crippen molar-refractivity contribution in [2.45, 2.75) is 6.92 Å². The highest BCUT2D eigenvalue weighted by atomic mass is 127. The van der Waals surface area contributed by atoms with Gasteiger partial charge in [0, 0.05) is 0 Å². The Kier molecular flexibility index (Phi) is 6.22. The van der Waals surface area contributed by atoms with E-state index in [0.717, 1.165) is 5.56 Å². The Morgan fingerprint density at radius 2 is 1.96 bits per heavy atom. The number of halogens is 1. The Labute approximate surface area is 174 Å². The van der Waals surface area contributed by atoms with Crippen LogP contribution in [0.2, 0.25) is 0 Å². The molecule has 0 amide bonds. The average molecular weight is 493 g/mol. The van der Waals surface area contributed by atoms with Crippen LogP contribution in [-0.2, 0) is 9.53 Å². The molecule has 2 aromatic rings. The Hall–Kier alpha value is -2.26. The van der Waals surface area contributed by atoms with Gasteiger partial charge in [0.2, 0.25) is 0 Å². The summed E-state index contributed by atoms with van der Waals surface area (Å²) in [4.78, 5) is 17.3. The van der Waals surface area contributed by atoms with Gasteiger partial charge in [0.15, 0.2) is 0 Å². The standard InChI is InChI=1S/C20H16INO4S/c1-2-26-20(25)17-18(24)16(11-12-8-9-15(23)14(21)10-12)27-19(17)22-13-6-4-3-5-7-13/h3-11,23-24H,2H2,1H3/b16-11-,22-19?. The van der Waals surface area contributed by atoms with Crippen LogP contribution in [0.15, 0.2) is 69.8 Å². The average Bonchev–Trinajstić information content (AvgIpc) is 2.94. The van der Waals surface area contributed by atoms with Crippen molar-refractivity contribution in [3.8, 4) is 5.75 Å². The number of para-hydroxylation sites is 1. The lowest BCUT2D eigenvalue weighted by Gasteiger charge is -2.03. The van der Waals surface area contributed by atoms with Crippen LogP contribution in [0.3, 0.4) is 0 Å². The van der Waals surface area contributed by atoms with E-state index in [2.05, 4.69) is 4.99 Å². The molecule has 0 fully saturated rings. The number of esters is 1. The third-order valence-electron chi connectivity index (χ3n) is 3.63. The largest absolute Gasteiger partial charge is 0.507 e. The predicted octanol–water partition coefficient (Wildman–Crippen LogP) is 5.19. The van der Waals surface area contributed by atoms with E-state index in [1.165, 1.54) is 11.8 Å². The van der Waals surface area contributed by atoms with Gasteiger partial charge in [0.25, 0.3) is 0 Å². The summed E-state index contributed by atoms with van der Waals surface area (Å²) in [6.45, 7) is 1.91. The molecule has 5 nitrogen and oxygen atoms in total. The number of benzene rings is 2. The van der Waals surface area contributed by atoms with E-state index in [0.29, 0.717) is 19.2 Å². The van der Waals surface area contributed by atoms with E-state index in [9.17, 15) is 15.0 Å². The van der Waals surface area contributed by atoms with Gasteiger partial charge in [-0.2, -0.15) is 0 Å². The molecule has 0 bridgehead atoms. The Morgan fingerprint density at radius 1 is 1.22 bits per heavy atom. The smallest absolute Gasteiger partial charge is 0.344 e. The molecule has 0 saturated heterocycles. The third kappa shape index (κ3) is 4.54. The lowest BCUT2D eigenvalue weighted by molar-refractivity contribution is -0.138. The van der Waals surface area contributed by atoms with Gasteiger partial charge in [-0.1, -0.05) is 36.0 Å². The van der Waals surface area contributed by atoms with E-state index in [1.807, 2.05) is 52.9 Å². The number of aliphatic hydroxyl groups excluding tert-OH is 1. The molecule has 0 aliphatic carbocycles. The zero-order valence-corrected chi connectivity index (χ0v) is 17.3. The second-order valence-electron chi connectivity index (χ2n) is 5.52. The maximum Gasteiger partial charge on any atom is 0.344 e. The highest BCUT2D eigenvalue weighted by Crippen LogP contribution is 2.40. The van der Waals surface area contributed by atoms with E-state index in [1.54, 1.807) is 31.2 Å². The third-order valence-corrected chi connectivity index (χ3v) is 5.51. The fourth-order valence-electron chi connectivity index (χ4n) is 2.38. The molecule has 0 unspecified atom stereocenters. The van der Waals surface area contributed by atoms with Crippen molar-refractivity contribution in [3.05, 3.63) is 73.9 Å². The van der Waals surface area contributed by atoms with Crippen LogP contribution in [0.4, 0.5) is 5.69 Å². The summed E-state index contributed by atoms with van der Waals surface area (Å²) in [5.74, 6) is -0.577. The zero-order valence-electron chi connectivity index (χ0n) is 14.3. The lowest BCUT2D eigenvalue weighted by Crippen LogP contribution is -2.12. The van der Waals surface area contributed by atoms with Crippen molar-refractivity contribution in [2.75, 3.05) is 6.61 Å².